The molecule has 0 radical (unpaired) electrons. The molecule has 4 heteroatoms. The highest BCUT2D eigenvalue weighted by atomic mass is 32.1. The highest BCUT2D eigenvalue weighted by Gasteiger charge is 1.99. The van der Waals surface area contributed by atoms with E-state index in [0.29, 0.717) is 5.84 Å². The Hall–Kier alpha value is -0.900. The minimum absolute atomic E-state index is 0.233. The summed E-state index contributed by atoms with van der Waals surface area (Å²) in [4.78, 5) is 8.19. The minimum atomic E-state index is 0.233. The zero-order valence-electron chi connectivity index (χ0n) is 6.61. The van der Waals surface area contributed by atoms with E-state index >= 15 is 0 Å². The fourth-order valence-corrected chi connectivity index (χ4v) is 1.23. The summed E-state index contributed by atoms with van der Waals surface area (Å²) in [5, 5.41) is 1.89. The SMILES string of the molecule is CC(C)N=C(N)c1cscn1. The Morgan fingerprint density at radius 2 is 2.45 bits per heavy atom. The Morgan fingerprint density at radius 3 is 2.91 bits per heavy atom. The van der Waals surface area contributed by atoms with Crippen molar-refractivity contribution in [2.75, 3.05) is 0 Å². The molecule has 0 aromatic carbocycles. The van der Waals surface area contributed by atoms with Crippen molar-refractivity contribution >= 4 is 17.2 Å². The molecule has 1 aromatic rings. The quantitative estimate of drug-likeness (QED) is 0.535. The number of hydrogen-bond donors (Lipinski definition) is 1. The lowest BCUT2D eigenvalue weighted by Gasteiger charge is -1.98. The molecule has 0 atom stereocenters. The number of nitrogens with two attached hydrogens (primary N) is 1. The van der Waals surface area contributed by atoms with Gasteiger partial charge in [0.2, 0.25) is 0 Å². The molecule has 1 aromatic heterocycles. The van der Waals surface area contributed by atoms with Crippen molar-refractivity contribution in [2.45, 2.75) is 19.9 Å². The van der Waals surface area contributed by atoms with Gasteiger partial charge in [-0.2, -0.15) is 0 Å². The van der Waals surface area contributed by atoms with E-state index < -0.39 is 0 Å². The van der Waals surface area contributed by atoms with E-state index in [2.05, 4.69) is 9.98 Å². The van der Waals surface area contributed by atoms with Gasteiger partial charge in [0.05, 0.1) is 5.51 Å². The Balaban J connectivity index is 2.77. The molecule has 0 saturated heterocycles. The molecule has 0 bridgehead atoms. The molecule has 11 heavy (non-hydrogen) atoms. The molecular formula is C7H11N3S. The number of amidine groups is 1. The van der Waals surface area contributed by atoms with Gasteiger partial charge in [0.25, 0.3) is 0 Å². The van der Waals surface area contributed by atoms with Crippen LogP contribution >= 0.6 is 11.3 Å². The van der Waals surface area contributed by atoms with E-state index in [1.165, 1.54) is 11.3 Å². The van der Waals surface area contributed by atoms with E-state index in [1.807, 2.05) is 19.2 Å². The largest absolute Gasteiger partial charge is 0.382 e. The fourth-order valence-electron chi connectivity index (χ4n) is 0.683. The van der Waals surface area contributed by atoms with Crippen LogP contribution in [0.4, 0.5) is 0 Å². The normalized spacial score (nSPS) is 12.5. The van der Waals surface area contributed by atoms with E-state index in [0.717, 1.165) is 5.69 Å². The number of aliphatic imine (C=N–C) groups is 1. The van der Waals surface area contributed by atoms with Crippen LogP contribution in [0.25, 0.3) is 0 Å². The minimum Gasteiger partial charge on any atom is -0.382 e. The summed E-state index contributed by atoms with van der Waals surface area (Å²) in [5.41, 5.74) is 8.16. The van der Waals surface area contributed by atoms with Crippen molar-refractivity contribution in [3.05, 3.63) is 16.6 Å². The zero-order valence-corrected chi connectivity index (χ0v) is 7.43. The molecule has 0 unspecified atom stereocenters. The number of nitrogens with zero attached hydrogens (tertiary/aromatic N) is 2. The first-order valence-electron chi connectivity index (χ1n) is 3.42. The Morgan fingerprint density at radius 1 is 1.73 bits per heavy atom. The van der Waals surface area contributed by atoms with Crippen molar-refractivity contribution in [1.82, 2.24) is 4.98 Å². The highest BCUT2D eigenvalue weighted by Crippen LogP contribution is 2.01. The Labute approximate surface area is 70.0 Å². The zero-order chi connectivity index (χ0) is 8.27. The van der Waals surface area contributed by atoms with Gasteiger partial charge in [-0.15, -0.1) is 11.3 Å². The van der Waals surface area contributed by atoms with Crippen LogP contribution in [-0.2, 0) is 0 Å². The van der Waals surface area contributed by atoms with Crippen molar-refractivity contribution < 1.29 is 0 Å². The lowest BCUT2D eigenvalue weighted by molar-refractivity contribution is 0.833. The van der Waals surface area contributed by atoms with Crippen molar-refractivity contribution in [2.24, 2.45) is 10.7 Å². The summed E-state index contributed by atoms with van der Waals surface area (Å²) in [5.74, 6) is 0.529. The molecule has 0 saturated carbocycles. The van der Waals surface area contributed by atoms with Crippen LogP contribution in [-0.4, -0.2) is 16.9 Å². The molecule has 0 amide bonds. The standard InChI is InChI=1S/C7H11N3S/c1-5(2)10-7(8)6-3-11-4-9-6/h3-5H,1-2H3,(H2,8,10). The van der Waals surface area contributed by atoms with Crippen LogP contribution in [0.2, 0.25) is 0 Å². The molecule has 0 aliphatic carbocycles. The third-order valence-electron chi connectivity index (χ3n) is 1.09. The Bertz CT molecular complexity index is 238. The van der Waals surface area contributed by atoms with E-state index in [4.69, 9.17) is 5.73 Å². The van der Waals surface area contributed by atoms with Gasteiger partial charge >= 0.3 is 0 Å². The number of hydrogen-bond acceptors (Lipinski definition) is 3. The first-order valence-corrected chi connectivity index (χ1v) is 4.36. The van der Waals surface area contributed by atoms with Crippen molar-refractivity contribution in [3.8, 4) is 0 Å². The monoisotopic (exact) mass is 169 g/mol. The first kappa shape index (κ1) is 8.20. The van der Waals surface area contributed by atoms with Gasteiger partial charge in [0.1, 0.15) is 11.5 Å². The second kappa shape index (κ2) is 3.48. The Kier molecular flexibility index (Phi) is 2.59. The van der Waals surface area contributed by atoms with Crippen molar-refractivity contribution in [3.63, 3.8) is 0 Å². The van der Waals surface area contributed by atoms with E-state index in [9.17, 15) is 0 Å². The lowest BCUT2D eigenvalue weighted by Crippen LogP contribution is -2.15. The molecule has 2 N–H and O–H groups in total. The average Bonchev–Trinajstić information content (AvgIpc) is 2.35. The van der Waals surface area contributed by atoms with Crippen molar-refractivity contribution in [1.29, 1.82) is 0 Å². The van der Waals surface area contributed by atoms with E-state index in [-0.39, 0.29) is 6.04 Å². The summed E-state index contributed by atoms with van der Waals surface area (Å²) in [6.45, 7) is 3.97. The van der Waals surface area contributed by atoms with Crippen LogP contribution in [0.1, 0.15) is 19.5 Å². The molecule has 1 rings (SSSR count). The van der Waals surface area contributed by atoms with Gasteiger partial charge in [-0.05, 0) is 13.8 Å². The maximum absolute atomic E-state index is 5.63. The predicted molar refractivity (Wildman–Crippen MR) is 48.0 cm³/mol. The predicted octanol–water partition coefficient (Wildman–Crippen LogP) is 1.26. The average molecular weight is 169 g/mol. The molecular weight excluding hydrogens is 158 g/mol. The summed E-state index contributed by atoms with van der Waals surface area (Å²) in [6, 6.07) is 0.233. The van der Waals surface area contributed by atoms with Gasteiger partial charge in [0, 0.05) is 11.4 Å². The summed E-state index contributed by atoms with van der Waals surface area (Å²) in [7, 11) is 0. The second-order valence-electron chi connectivity index (χ2n) is 2.48. The lowest BCUT2D eigenvalue weighted by atomic mass is 10.4. The van der Waals surface area contributed by atoms with Crippen LogP contribution in [0.15, 0.2) is 15.9 Å². The number of aromatic nitrogens is 1. The molecule has 60 valence electrons. The maximum atomic E-state index is 5.63. The molecule has 0 fully saturated rings. The van der Waals surface area contributed by atoms with Gasteiger partial charge in [-0.1, -0.05) is 0 Å². The van der Waals surface area contributed by atoms with Gasteiger partial charge in [-0.3, -0.25) is 4.99 Å². The number of thiazole rings is 1. The van der Waals surface area contributed by atoms with E-state index in [1.54, 1.807) is 5.51 Å². The topological polar surface area (TPSA) is 51.3 Å². The van der Waals surface area contributed by atoms with Crippen LogP contribution in [0.3, 0.4) is 0 Å². The smallest absolute Gasteiger partial charge is 0.145 e. The van der Waals surface area contributed by atoms with Crippen LogP contribution in [0.5, 0.6) is 0 Å². The summed E-state index contributed by atoms with van der Waals surface area (Å²) >= 11 is 1.52. The van der Waals surface area contributed by atoms with Gasteiger partial charge in [0.15, 0.2) is 0 Å². The highest BCUT2D eigenvalue weighted by molar-refractivity contribution is 7.07. The summed E-state index contributed by atoms with van der Waals surface area (Å²) < 4.78 is 0. The summed E-state index contributed by atoms with van der Waals surface area (Å²) in [6.07, 6.45) is 0. The fraction of sp³-hybridized carbons (Fsp3) is 0.429. The molecule has 0 spiro atoms. The van der Waals surface area contributed by atoms with Gasteiger partial charge < -0.3 is 5.73 Å². The van der Waals surface area contributed by atoms with Crippen LogP contribution < -0.4 is 5.73 Å². The maximum Gasteiger partial charge on any atom is 0.145 e. The first-order chi connectivity index (χ1) is 5.20. The molecule has 0 aliphatic heterocycles. The molecule has 0 aliphatic rings. The third-order valence-corrected chi connectivity index (χ3v) is 1.68. The number of rotatable bonds is 2. The second-order valence-corrected chi connectivity index (χ2v) is 3.20. The molecule has 3 nitrogen and oxygen atoms in total. The molecule has 1 heterocycles. The third kappa shape index (κ3) is 2.31. The van der Waals surface area contributed by atoms with Gasteiger partial charge in [-0.25, -0.2) is 4.98 Å². The van der Waals surface area contributed by atoms with Crippen LogP contribution in [0, 0.1) is 0 Å².